The molecule has 3 heteroatoms. The van der Waals surface area contributed by atoms with Gasteiger partial charge >= 0.3 is 0 Å². The molecule has 0 bridgehead atoms. The normalized spacial score (nSPS) is 44.1. The molecule has 3 aliphatic rings. The highest BCUT2D eigenvalue weighted by atomic mass is 15.3. The number of fused-ring (bicyclic) bond motifs is 2. The molecule has 0 spiro atoms. The highest BCUT2D eigenvalue weighted by Crippen LogP contribution is 2.35. The molecule has 3 fully saturated rings. The molecule has 17 heavy (non-hydrogen) atoms. The molecule has 3 nitrogen and oxygen atoms in total. The minimum absolute atomic E-state index is 0.754. The molecular weight excluding hydrogens is 210 g/mol. The minimum atomic E-state index is 0.754. The van der Waals surface area contributed by atoms with Crippen molar-refractivity contribution in [3.63, 3.8) is 0 Å². The number of hydrogen-bond donors (Lipinski definition) is 1. The molecule has 1 N–H and O–H groups in total. The second-order valence-corrected chi connectivity index (χ2v) is 6.24. The topological polar surface area (TPSA) is 18.5 Å². The van der Waals surface area contributed by atoms with Crippen molar-refractivity contribution in [1.29, 1.82) is 0 Å². The monoisotopic (exact) mass is 237 g/mol. The lowest BCUT2D eigenvalue weighted by atomic mass is 9.91. The molecule has 0 aromatic rings. The lowest BCUT2D eigenvalue weighted by Gasteiger charge is -2.44. The zero-order valence-corrected chi connectivity index (χ0v) is 11.4. The van der Waals surface area contributed by atoms with Crippen LogP contribution in [0.5, 0.6) is 0 Å². The lowest BCUT2D eigenvalue weighted by Crippen LogP contribution is -2.57. The Hall–Kier alpha value is -0.120. The van der Waals surface area contributed by atoms with Crippen molar-refractivity contribution in [3.05, 3.63) is 0 Å². The molecule has 1 aliphatic carbocycles. The van der Waals surface area contributed by atoms with Gasteiger partial charge in [0.15, 0.2) is 0 Å². The van der Waals surface area contributed by atoms with Crippen LogP contribution in [0.3, 0.4) is 0 Å². The molecule has 2 saturated heterocycles. The van der Waals surface area contributed by atoms with Crippen LogP contribution in [0, 0.1) is 5.92 Å². The SMILES string of the molecule is CC[C@H]1[C@@H]2CCCC2NCC2CN(C)CCN21. The minimum Gasteiger partial charge on any atom is -0.312 e. The van der Waals surface area contributed by atoms with E-state index in [0.29, 0.717) is 0 Å². The predicted molar refractivity (Wildman–Crippen MR) is 71.2 cm³/mol. The maximum atomic E-state index is 3.86. The van der Waals surface area contributed by atoms with E-state index in [9.17, 15) is 0 Å². The van der Waals surface area contributed by atoms with E-state index in [1.54, 1.807) is 0 Å². The van der Waals surface area contributed by atoms with Gasteiger partial charge in [0.25, 0.3) is 0 Å². The molecule has 0 radical (unpaired) electrons. The van der Waals surface area contributed by atoms with Crippen molar-refractivity contribution in [3.8, 4) is 0 Å². The van der Waals surface area contributed by atoms with Gasteiger partial charge in [0.05, 0.1) is 0 Å². The van der Waals surface area contributed by atoms with Gasteiger partial charge in [-0.25, -0.2) is 0 Å². The van der Waals surface area contributed by atoms with E-state index in [0.717, 1.165) is 24.0 Å². The number of hydrogen-bond acceptors (Lipinski definition) is 3. The van der Waals surface area contributed by atoms with Crippen molar-refractivity contribution >= 4 is 0 Å². The summed E-state index contributed by atoms with van der Waals surface area (Å²) < 4.78 is 0. The number of nitrogens with one attached hydrogen (secondary N) is 1. The Balaban J connectivity index is 1.80. The zero-order chi connectivity index (χ0) is 11.8. The molecule has 98 valence electrons. The first kappa shape index (κ1) is 11.9. The summed E-state index contributed by atoms with van der Waals surface area (Å²) in [5.41, 5.74) is 0. The highest BCUT2D eigenvalue weighted by Gasteiger charge is 2.42. The van der Waals surface area contributed by atoms with E-state index in [1.165, 1.54) is 51.9 Å². The first-order valence-electron chi connectivity index (χ1n) is 7.47. The molecule has 0 aromatic carbocycles. The van der Waals surface area contributed by atoms with E-state index < -0.39 is 0 Å². The Bertz CT molecular complexity index is 268. The maximum Gasteiger partial charge on any atom is 0.0351 e. The zero-order valence-electron chi connectivity index (χ0n) is 11.4. The van der Waals surface area contributed by atoms with Crippen LogP contribution in [-0.4, -0.2) is 61.2 Å². The molecule has 4 atom stereocenters. The van der Waals surface area contributed by atoms with Crippen LogP contribution in [0.2, 0.25) is 0 Å². The molecule has 0 aromatic heterocycles. The Morgan fingerprint density at radius 1 is 1.24 bits per heavy atom. The quantitative estimate of drug-likeness (QED) is 0.738. The van der Waals surface area contributed by atoms with Gasteiger partial charge in [-0.05, 0) is 32.2 Å². The summed E-state index contributed by atoms with van der Waals surface area (Å²) >= 11 is 0. The third-order valence-corrected chi connectivity index (χ3v) is 5.25. The van der Waals surface area contributed by atoms with Gasteiger partial charge < -0.3 is 10.2 Å². The fraction of sp³-hybridized carbons (Fsp3) is 1.00. The maximum absolute atomic E-state index is 3.86. The van der Waals surface area contributed by atoms with Gasteiger partial charge in [-0.1, -0.05) is 13.3 Å². The van der Waals surface area contributed by atoms with Crippen LogP contribution in [0.4, 0.5) is 0 Å². The summed E-state index contributed by atoms with van der Waals surface area (Å²) in [5, 5.41) is 3.86. The number of piperazine rings is 1. The molecule has 3 rings (SSSR count). The second kappa shape index (κ2) is 4.87. The molecule has 2 aliphatic heterocycles. The summed E-state index contributed by atoms with van der Waals surface area (Å²) in [5.74, 6) is 0.924. The second-order valence-electron chi connectivity index (χ2n) is 6.24. The molecular formula is C14H27N3. The van der Waals surface area contributed by atoms with Crippen LogP contribution in [-0.2, 0) is 0 Å². The van der Waals surface area contributed by atoms with Gasteiger partial charge in [-0.2, -0.15) is 0 Å². The third kappa shape index (κ3) is 2.13. The average Bonchev–Trinajstić information content (AvgIpc) is 2.73. The largest absolute Gasteiger partial charge is 0.312 e. The van der Waals surface area contributed by atoms with Crippen LogP contribution >= 0.6 is 0 Å². The van der Waals surface area contributed by atoms with E-state index in [2.05, 4.69) is 29.1 Å². The fourth-order valence-electron chi connectivity index (χ4n) is 4.42. The molecule has 2 unspecified atom stereocenters. The summed E-state index contributed by atoms with van der Waals surface area (Å²) in [6.45, 7) is 7.39. The van der Waals surface area contributed by atoms with Crippen LogP contribution in [0.15, 0.2) is 0 Å². The van der Waals surface area contributed by atoms with Crippen LogP contribution in [0.1, 0.15) is 32.6 Å². The van der Waals surface area contributed by atoms with Gasteiger partial charge in [0.1, 0.15) is 0 Å². The smallest absolute Gasteiger partial charge is 0.0351 e. The van der Waals surface area contributed by atoms with Crippen molar-refractivity contribution < 1.29 is 0 Å². The standard InChI is InChI=1S/C14H27N3/c1-3-14-12-5-4-6-13(12)15-9-11-10-16(2)7-8-17(11)14/h11-15H,3-10H2,1-2H3/t11?,12-,13?,14+/m1/s1. The van der Waals surface area contributed by atoms with Crippen molar-refractivity contribution in [2.75, 3.05) is 33.2 Å². The highest BCUT2D eigenvalue weighted by molar-refractivity contribution is 4.99. The van der Waals surface area contributed by atoms with Gasteiger partial charge in [0, 0.05) is 44.3 Å². The third-order valence-electron chi connectivity index (χ3n) is 5.25. The number of nitrogens with zero attached hydrogens (tertiary/aromatic N) is 2. The Kier molecular flexibility index (Phi) is 3.42. The first-order valence-corrected chi connectivity index (χ1v) is 7.47. The van der Waals surface area contributed by atoms with E-state index in [4.69, 9.17) is 0 Å². The molecule has 1 saturated carbocycles. The summed E-state index contributed by atoms with van der Waals surface area (Å²) in [7, 11) is 2.27. The van der Waals surface area contributed by atoms with Gasteiger partial charge in [-0.3, -0.25) is 4.90 Å². The van der Waals surface area contributed by atoms with Crippen LogP contribution < -0.4 is 5.32 Å². The van der Waals surface area contributed by atoms with Crippen molar-refractivity contribution in [2.45, 2.75) is 50.7 Å². The molecule has 2 heterocycles. The fourth-order valence-corrected chi connectivity index (χ4v) is 4.42. The lowest BCUT2D eigenvalue weighted by molar-refractivity contribution is 0.0411. The van der Waals surface area contributed by atoms with Crippen molar-refractivity contribution in [2.24, 2.45) is 5.92 Å². The summed E-state index contributed by atoms with van der Waals surface area (Å²) in [4.78, 5) is 5.33. The van der Waals surface area contributed by atoms with Crippen molar-refractivity contribution in [1.82, 2.24) is 15.1 Å². The van der Waals surface area contributed by atoms with E-state index >= 15 is 0 Å². The van der Waals surface area contributed by atoms with E-state index in [-0.39, 0.29) is 0 Å². The Morgan fingerprint density at radius 3 is 2.94 bits per heavy atom. The van der Waals surface area contributed by atoms with E-state index in [1.807, 2.05) is 0 Å². The number of rotatable bonds is 1. The summed E-state index contributed by atoms with van der Waals surface area (Å²) in [6.07, 6.45) is 5.65. The number of likely N-dealkylation sites (N-methyl/N-ethyl adjacent to an activating group) is 1. The molecule has 0 amide bonds. The predicted octanol–water partition coefficient (Wildman–Crippen LogP) is 1.15. The first-order chi connectivity index (χ1) is 8.29. The Labute approximate surface area is 106 Å². The van der Waals surface area contributed by atoms with Gasteiger partial charge in [-0.15, -0.1) is 0 Å². The van der Waals surface area contributed by atoms with Crippen LogP contribution in [0.25, 0.3) is 0 Å². The average molecular weight is 237 g/mol. The van der Waals surface area contributed by atoms with Gasteiger partial charge in [0.2, 0.25) is 0 Å². The Morgan fingerprint density at radius 2 is 2.12 bits per heavy atom. The summed E-state index contributed by atoms with van der Waals surface area (Å²) in [6, 6.07) is 2.41.